The lowest BCUT2D eigenvalue weighted by molar-refractivity contribution is -0.135. The average molecular weight is 412 g/mol. The number of piperazine rings is 1. The Morgan fingerprint density at radius 2 is 1.83 bits per heavy atom. The van der Waals surface area contributed by atoms with Crippen LogP contribution >= 0.6 is 0 Å². The number of rotatable bonds is 4. The van der Waals surface area contributed by atoms with Gasteiger partial charge in [0, 0.05) is 56.4 Å². The molecule has 7 heteroatoms. The van der Waals surface area contributed by atoms with Gasteiger partial charge in [-0.15, -0.1) is 0 Å². The highest BCUT2D eigenvalue weighted by Gasteiger charge is 2.30. The lowest BCUT2D eigenvalue weighted by atomic mass is 9.91. The van der Waals surface area contributed by atoms with Gasteiger partial charge < -0.3 is 4.90 Å². The second-order valence-corrected chi connectivity index (χ2v) is 8.87. The Kier molecular flexibility index (Phi) is 5.33. The van der Waals surface area contributed by atoms with E-state index in [2.05, 4.69) is 16.7 Å². The summed E-state index contributed by atoms with van der Waals surface area (Å²) < 4.78 is 15.3. The number of carbonyl (C=O) groups excluding carboxylic acids is 1. The molecule has 3 aliphatic rings. The molecule has 1 aromatic heterocycles. The quantitative estimate of drug-likeness (QED) is 0.776. The van der Waals surface area contributed by atoms with Gasteiger partial charge in [0.25, 0.3) is 0 Å². The zero-order valence-electron chi connectivity index (χ0n) is 17.7. The highest BCUT2D eigenvalue weighted by atomic mass is 19.1. The van der Waals surface area contributed by atoms with Crippen LogP contribution in [-0.2, 0) is 17.9 Å². The van der Waals surface area contributed by atoms with Crippen LogP contribution in [0.5, 0.6) is 0 Å². The van der Waals surface area contributed by atoms with Crippen molar-refractivity contribution in [2.24, 2.45) is 0 Å². The topological polar surface area (TPSA) is 44.6 Å². The molecule has 5 rings (SSSR count). The smallest absolute Gasteiger partial charge is 0.236 e. The molecule has 2 aliphatic heterocycles. The lowest BCUT2D eigenvalue weighted by Crippen LogP contribution is -2.55. The van der Waals surface area contributed by atoms with E-state index in [4.69, 9.17) is 5.10 Å². The van der Waals surface area contributed by atoms with Crippen LogP contribution in [0.25, 0.3) is 11.3 Å². The van der Waals surface area contributed by atoms with E-state index in [1.165, 1.54) is 37.1 Å². The summed E-state index contributed by atoms with van der Waals surface area (Å²) in [6, 6.07) is 7.27. The maximum atomic E-state index is 13.3. The summed E-state index contributed by atoms with van der Waals surface area (Å²) >= 11 is 0. The summed E-state index contributed by atoms with van der Waals surface area (Å²) in [5, 5.41) is 4.79. The minimum Gasteiger partial charge on any atom is -0.339 e. The summed E-state index contributed by atoms with van der Waals surface area (Å²) in [6.07, 6.45) is 4.89. The Morgan fingerprint density at radius 3 is 2.50 bits per heavy atom. The maximum Gasteiger partial charge on any atom is 0.236 e. The average Bonchev–Trinajstić information content (AvgIpc) is 3.04. The molecule has 30 heavy (non-hydrogen) atoms. The van der Waals surface area contributed by atoms with Gasteiger partial charge in [-0.1, -0.05) is 6.42 Å². The molecular formula is C23H30FN5O. The molecule has 2 fully saturated rings. The molecule has 0 spiro atoms. The summed E-state index contributed by atoms with van der Waals surface area (Å²) in [6.45, 7) is 7.76. The van der Waals surface area contributed by atoms with E-state index >= 15 is 0 Å². The van der Waals surface area contributed by atoms with Crippen molar-refractivity contribution in [3.8, 4) is 11.3 Å². The first-order chi connectivity index (χ1) is 14.6. The number of hydrogen-bond donors (Lipinski definition) is 0. The zero-order chi connectivity index (χ0) is 20.7. The van der Waals surface area contributed by atoms with Crippen LogP contribution in [0.1, 0.15) is 30.5 Å². The molecule has 6 nitrogen and oxygen atoms in total. The van der Waals surface area contributed by atoms with E-state index in [-0.39, 0.29) is 11.7 Å². The fourth-order valence-electron chi connectivity index (χ4n) is 4.93. The standard InChI is InChI=1S/C23H30FN5O/c1-17-21-9-10-26(16-29(21)25-23(17)18-5-7-19(24)8-6-18)15-22(30)28-13-11-27(12-14-28)20-3-2-4-20/h5-8,20H,2-4,9-16H2,1H3. The molecule has 0 bridgehead atoms. The largest absolute Gasteiger partial charge is 0.339 e. The lowest BCUT2D eigenvalue weighted by Gasteiger charge is -2.43. The molecule has 3 heterocycles. The third kappa shape index (κ3) is 3.76. The van der Waals surface area contributed by atoms with Crippen molar-refractivity contribution in [3.63, 3.8) is 0 Å². The second kappa shape index (κ2) is 8.12. The first-order valence-corrected chi connectivity index (χ1v) is 11.1. The van der Waals surface area contributed by atoms with Crippen LogP contribution in [-0.4, -0.2) is 75.7 Å². The van der Waals surface area contributed by atoms with Crippen molar-refractivity contribution in [2.45, 2.75) is 45.3 Å². The van der Waals surface area contributed by atoms with Gasteiger partial charge in [-0.25, -0.2) is 4.39 Å². The molecule has 160 valence electrons. The Labute approximate surface area is 177 Å². The maximum absolute atomic E-state index is 13.3. The third-order valence-corrected chi connectivity index (χ3v) is 7.05. The van der Waals surface area contributed by atoms with Crippen molar-refractivity contribution in [1.82, 2.24) is 24.5 Å². The molecule has 1 saturated heterocycles. The number of amides is 1. The molecule has 1 aliphatic carbocycles. The van der Waals surface area contributed by atoms with Gasteiger partial charge in [-0.2, -0.15) is 5.10 Å². The van der Waals surface area contributed by atoms with Crippen molar-refractivity contribution in [3.05, 3.63) is 41.3 Å². The van der Waals surface area contributed by atoms with Crippen molar-refractivity contribution in [2.75, 3.05) is 39.3 Å². The fourth-order valence-corrected chi connectivity index (χ4v) is 4.93. The minimum atomic E-state index is -0.237. The van der Waals surface area contributed by atoms with Gasteiger partial charge in [-0.3, -0.25) is 19.3 Å². The van der Waals surface area contributed by atoms with Crippen molar-refractivity contribution >= 4 is 5.91 Å². The predicted molar refractivity (Wildman–Crippen MR) is 113 cm³/mol. The van der Waals surface area contributed by atoms with Crippen molar-refractivity contribution in [1.29, 1.82) is 0 Å². The molecule has 1 saturated carbocycles. The van der Waals surface area contributed by atoms with Crippen LogP contribution < -0.4 is 0 Å². The molecule has 0 N–H and O–H groups in total. The van der Waals surface area contributed by atoms with Gasteiger partial charge >= 0.3 is 0 Å². The van der Waals surface area contributed by atoms with E-state index in [9.17, 15) is 9.18 Å². The van der Waals surface area contributed by atoms with E-state index in [0.29, 0.717) is 13.2 Å². The van der Waals surface area contributed by atoms with Crippen LogP contribution in [0.3, 0.4) is 0 Å². The summed E-state index contributed by atoms with van der Waals surface area (Å²) in [5.74, 6) is -0.00655. The van der Waals surface area contributed by atoms with Gasteiger partial charge in [0.15, 0.2) is 0 Å². The number of fused-ring (bicyclic) bond motifs is 1. The van der Waals surface area contributed by atoms with Crippen molar-refractivity contribution < 1.29 is 9.18 Å². The number of carbonyl (C=O) groups is 1. The number of hydrogen-bond acceptors (Lipinski definition) is 4. The monoisotopic (exact) mass is 411 g/mol. The van der Waals surface area contributed by atoms with Crippen LogP contribution in [0.4, 0.5) is 4.39 Å². The molecule has 2 aromatic rings. The normalized spacial score (nSPS) is 20.8. The number of aromatic nitrogens is 2. The SMILES string of the molecule is Cc1c(-c2ccc(F)cc2)nn2c1CCN(CC(=O)N1CCN(C3CCC3)CC1)C2. The second-order valence-electron chi connectivity index (χ2n) is 8.87. The van der Waals surface area contributed by atoms with Crippen LogP contribution in [0, 0.1) is 12.7 Å². The minimum absolute atomic E-state index is 0.231. The Bertz CT molecular complexity index is 912. The van der Waals surface area contributed by atoms with E-state index in [1.54, 1.807) is 12.1 Å². The van der Waals surface area contributed by atoms with E-state index < -0.39 is 0 Å². The Balaban J connectivity index is 1.20. The summed E-state index contributed by atoms with van der Waals surface area (Å²) in [7, 11) is 0. The number of benzene rings is 1. The first-order valence-electron chi connectivity index (χ1n) is 11.1. The summed E-state index contributed by atoms with van der Waals surface area (Å²) in [4.78, 5) is 19.6. The third-order valence-electron chi connectivity index (χ3n) is 7.05. The summed E-state index contributed by atoms with van der Waals surface area (Å²) in [5.41, 5.74) is 4.21. The highest BCUT2D eigenvalue weighted by Crippen LogP contribution is 2.28. The van der Waals surface area contributed by atoms with Gasteiger partial charge in [0.05, 0.1) is 18.9 Å². The molecule has 0 unspecified atom stereocenters. The zero-order valence-corrected chi connectivity index (χ0v) is 17.7. The Morgan fingerprint density at radius 1 is 1.10 bits per heavy atom. The highest BCUT2D eigenvalue weighted by molar-refractivity contribution is 5.78. The molecular weight excluding hydrogens is 381 g/mol. The predicted octanol–water partition coefficient (Wildman–Crippen LogP) is 2.51. The van der Waals surface area contributed by atoms with Crippen LogP contribution in [0.2, 0.25) is 0 Å². The van der Waals surface area contributed by atoms with Crippen LogP contribution in [0.15, 0.2) is 24.3 Å². The molecule has 1 aromatic carbocycles. The number of nitrogens with zero attached hydrogens (tertiary/aromatic N) is 5. The Hall–Kier alpha value is -2.25. The van der Waals surface area contributed by atoms with Gasteiger partial charge in [0.2, 0.25) is 5.91 Å². The molecule has 1 amide bonds. The number of halogens is 1. The van der Waals surface area contributed by atoms with E-state index in [1.807, 2.05) is 9.58 Å². The molecule has 0 atom stereocenters. The molecule has 0 radical (unpaired) electrons. The van der Waals surface area contributed by atoms with Gasteiger partial charge in [-0.05, 0) is 49.6 Å². The fraction of sp³-hybridized carbons (Fsp3) is 0.565. The van der Waals surface area contributed by atoms with Gasteiger partial charge in [0.1, 0.15) is 5.82 Å². The first kappa shape index (κ1) is 19.7. The van der Waals surface area contributed by atoms with E-state index in [0.717, 1.165) is 62.0 Å².